The number of halogens is 2. The molecule has 0 spiro atoms. The van der Waals surface area contributed by atoms with Crippen LogP contribution in [-0.4, -0.2) is 29.8 Å². The molecular weight excluding hydrogens is 299 g/mol. The first-order chi connectivity index (χ1) is 9.28. The standard InChI is InChI=1S/C14H18Cl2N2O2/c1-14(2,3)20-13(19)18-8-4-7-17(18)12-6-5-10(15)9-11(12)16/h5-6,9H,4,7-8H2,1-3H3. The first-order valence-corrected chi connectivity index (χ1v) is 7.26. The largest absolute Gasteiger partial charge is 0.442 e. The number of hydrazine groups is 1. The van der Waals surface area contributed by atoms with Gasteiger partial charge in [-0.25, -0.2) is 9.80 Å². The van der Waals surface area contributed by atoms with Gasteiger partial charge < -0.3 is 4.74 Å². The van der Waals surface area contributed by atoms with Gasteiger partial charge in [0.25, 0.3) is 0 Å². The minimum atomic E-state index is -0.519. The second-order valence-electron chi connectivity index (χ2n) is 5.68. The highest BCUT2D eigenvalue weighted by Gasteiger charge is 2.31. The van der Waals surface area contributed by atoms with E-state index in [1.807, 2.05) is 31.8 Å². The summed E-state index contributed by atoms with van der Waals surface area (Å²) in [4.78, 5) is 12.2. The zero-order valence-corrected chi connectivity index (χ0v) is 13.3. The quantitative estimate of drug-likeness (QED) is 0.772. The summed E-state index contributed by atoms with van der Waals surface area (Å²) in [5.41, 5.74) is 0.245. The number of benzene rings is 1. The van der Waals surface area contributed by atoms with Gasteiger partial charge in [-0.1, -0.05) is 23.2 Å². The lowest BCUT2D eigenvalue weighted by Crippen LogP contribution is -2.44. The van der Waals surface area contributed by atoms with Crippen molar-refractivity contribution in [2.45, 2.75) is 32.8 Å². The maximum absolute atomic E-state index is 12.2. The zero-order valence-electron chi connectivity index (χ0n) is 11.8. The number of hydrogen-bond donors (Lipinski definition) is 0. The normalized spacial score (nSPS) is 15.7. The molecule has 0 aliphatic carbocycles. The van der Waals surface area contributed by atoms with E-state index in [9.17, 15) is 4.79 Å². The molecule has 1 aromatic rings. The number of anilines is 1. The second-order valence-corrected chi connectivity index (χ2v) is 6.52. The monoisotopic (exact) mass is 316 g/mol. The molecule has 1 saturated heterocycles. The summed E-state index contributed by atoms with van der Waals surface area (Å²) in [5, 5.41) is 4.52. The van der Waals surface area contributed by atoms with E-state index in [4.69, 9.17) is 27.9 Å². The molecule has 0 radical (unpaired) electrons. The van der Waals surface area contributed by atoms with Gasteiger partial charge in [0.15, 0.2) is 0 Å². The van der Waals surface area contributed by atoms with Crippen LogP contribution in [0.25, 0.3) is 0 Å². The Labute approximate surface area is 129 Å². The Bertz CT molecular complexity index is 514. The average molecular weight is 317 g/mol. The van der Waals surface area contributed by atoms with Crippen LogP contribution in [-0.2, 0) is 4.74 Å². The SMILES string of the molecule is CC(C)(C)OC(=O)N1CCCN1c1ccc(Cl)cc1Cl. The van der Waals surface area contributed by atoms with Crippen LogP contribution < -0.4 is 5.01 Å². The lowest BCUT2D eigenvalue weighted by atomic mass is 10.2. The first kappa shape index (κ1) is 15.3. The molecule has 0 atom stereocenters. The molecular formula is C14H18Cl2N2O2. The Morgan fingerprint density at radius 3 is 2.55 bits per heavy atom. The number of hydrogen-bond acceptors (Lipinski definition) is 3. The highest BCUT2D eigenvalue weighted by atomic mass is 35.5. The zero-order chi connectivity index (χ0) is 14.9. The third kappa shape index (κ3) is 3.49. The fourth-order valence-corrected chi connectivity index (χ4v) is 2.56. The number of amides is 1. The Kier molecular flexibility index (Phi) is 4.35. The van der Waals surface area contributed by atoms with E-state index in [2.05, 4.69) is 0 Å². The molecule has 0 aromatic heterocycles. The molecule has 2 rings (SSSR count). The highest BCUT2D eigenvalue weighted by molar-refractivity contribution is 6.36. The van der Waals surface area contributed by atoms with Crippen molar-refractivity contribution >= 4 is 35.0 Å². The average Bonchev–Trinajstić information content (AvgIpc) is 2.75. The second kappa shape index (κ2) is 5.70. The molecule has 20 heavy (non-hydrogen) atoms. The smallest absolute Gasteiger partial charge is 0.429 e. The van der Waals surface area contributed by atoms with Crippen LogP contribution in [0.1, 0.15) is 27.2 Å². The Hall–Kier alpha value is -1.13. The van der Waals surface area contributed by atoms with E-state index in [1.165, 1.54) is 0 Å². The van der Waals surface area contributed by atoms with Gasteiger partial charge in [0.1, 0.15) is 5.60 Å². The van der Waals surface area contributed by atoms with Crippen molar-refractivity contribution < 1.29 is 9.53 Å². The van der Waals surface area contributed by atoms with E-state index in [0.717, 1.165) is 18.7 Å². The number of rotatable bonds is 1. The molecule has 0 N–H and O–H groups in total. The predicted octanol–water partition coefficient (Wildman–Crippen LogP) is 4.36. The third-order valence-electron chi connectivity index (χ3n) is 2.82. The van der Waals surface area contributed by atoms with Crippen LogP contribution in [0.3, 0.4) is 0 Å². The van der Waals surface area contributed by atoms with Crippen LogP contribution in [0.15, 0.2) is 18.2 Å². The van der Waals surface area contributed by atoms with Crippen molar-refractivity contribution in [3.05, 3.63) is 28.2 Å². The summed E-state index contributed by atoms with van der Waals surface area (Å²) in [6, 6.07) is 5.24. The van der Waals surface area contributed by atoms with Crippen LogP contribution in [0, 0.1) is 0 Å². The molecule has 0 bridgehead atoms. The van der Waals surface area contributed by atoms with Crippen molar-refractivity contribution in [1.82, 2.24) is 5.01 Å². The summed E-state index contributed by atoms with van der Waals surface area (Å²) in [5.74, 6) is 0. The molecule has 6 heteroatoms. The molecule has 1 aromatic carbocycles. The number of carbonyl (C=O) groups is 1. The van der Waals surface area contributed by atoms with Crippen molar-refractivity contribution in [2.24, 2.45) is 0 Å². The molecule has 1 amide bonds. The molecule has 0 unspecified atom stereocenters. The Morgan fingerprint density at radius 1 is 1.25 bits per heavy atom. The molecule has 1 aliphatic heterocycles. The van der Waals surface area contributed by atoms with Gasteiger partial charge in [-0.3, -0.25) is 5.01 Å². The molecule has 1 heterocycles. The first-order valence-electron chi connectivity index (χ1n) is 6.51. The maximum Gasteiger partial charge on any atom is 0.429 e. The minimum absolute atomic E-state index is 0.360. The number of carbonyl (C=O) groups excluding carboxylic acids is 1. The van der Waals surface area contributed by atoms with E-state index in [-0.39, 0.29) is 6.09 Å². The van der Waals surface area contributed by atoms with E-state index in [0.29, 0.717) is 16.6 Å². The summed E-state index contributed by atoms with van der Waals surface area (Å²) in [6.07, 6.45) is 0.513. The fraction of sp³-hybridized carbons (Fsp3) is 0.500. The maximum atomic E-state index is 12.2. The lowest BCUT2D eigenvalue weighted by Gasteiger charge is -2.32. The van der Waals surface area contributed by atoms with Crippen LogP contribution in [0.4, 0.5) is 10.5 Å². The van der Waals surface area contributed by atoms with Crippen molar-refractivity contribution in [2.75, 3.05) is 18.1 Å². The topological polar surface area (TPSA) is 32.8 Å². The fourth-order valence-electron chi connectivity index (χ4n) is 2.06. The summed E-state index contributed by atoms with van der Waals surface area (Å²) >= 11 is 12.1. The lowest BCUT2D eigenvalue weighted by molar-refractivity contribution is 0.0274. The van der Waals surface area contributed by atoms with Crippen molar-refractivity contribution in [3.8, 4) is 0 Å². The Morgan fingerprint density at radius 2 is 1.95 bits per heavy atom. The Balaban J connectivity index is 2.21. The van der Waals surface area contributed by atoms with Crippen LogP contribution >= 0.6 is 23.2 Å². The minimum Gasteiger partial charge on any atom is -0.442 e. The van der Waals surface area contributed by atoms with Crippen molar-refractivity contribution in [1.29, 1.82) is 0 Å². The highest BCUT2D eigenvalue weighted by Crippen LogP contribution is 2.32. The van der Waals surface area contributed by atoms with Gasteiger partial charge in [0.2, 0.25) is 0 Å². The molecule has 0 saturated carbocycles. The van der Waals surface area contributed by atoms with E-state index < -0.39 is 5.60 Å². The third-order valence-corrected chi connectivity index (χ3v) is 3.36. The van der Waals surface area contributed by atoms with Crippen LogP contribution in [0.2, 0.25) is 10.0 Å². The predicted molar refractivity (Wildman–Crippen MR) is 81.4 cm³/mol. The number of ether oxygens (including phenoxy) is 1. The van der Waals surface area contributed by atoms with Gasteiger partial charge in [-0.05, 0) is 45.4 Å². The van der Waals surface area contributed by atoms with Gasteiger partial charge >= 0.3 is 6.09 Å². The van der Waals surface area contributed by atoms with Crippen LogP contribution in [0.5, 0.6) is 0 Å². The van der Waals surface area contributed by atoms with E-state index >= 15 is 0 Å². The molecule has 1 aliphatic rings. The summed E-state index contributed by atoms with van der Waals surface area (Å²) < 4.78 is 5.41. The van der Waals surface area contributed by atoms with Gasteiger partial charge in [0, 0.05) is 18.1 Å². The summed E-state index contributed by atoms with van der Waals surface area (Å²) in [7, 11) is 0. The summed E-state index contributed by atoms with van der Waals surface area (Å²) in [6.45, 7) is 6.89. The van der Waals surface area contributed by atoms with Crippen molar-refractivity contribution in [3.63, 3.8) is 0 Å². The molecule has 1 fully saturated rings. The molecule has 4 nitrogen and oxygen atoms in total. The van der Waals surface area contributed by atoms with Gasteiger partial charge in [-0.2, -0.15) is 0 Å². The van der Waals surface area contributed by atoms with E-state index in [1.54, 1.807) is 17.1 Å². The van der Waals surface area contributed by atoms with Gasteiger partial charge in [0.05, 0.1) is 10.7 Å². The molecule has 110 valence electrons. The number of nitrogens with zero attached hydrogens (tertiary/aromatic N) is 2. The van der Waals surface area contributed by atoms with Gasteiger partial charge in [-0.15, -0.1) is 0 Å².